The third kappa shape index (κ3) is 3.71. The van der Waals surface area contributed by atoms with E-state index >= 15 is 0 Å². The molecular weight excluding hydrogens is 607 g/mol. The Morgan fingerprint density at radius 2 is 1.34 bits per heavy atom. The number of nitrogens with zero attached hydrogens (tertiary/aromatic N) is 3. The van der Waals surface area contributed by atoms with Gasteiger partial charge in [-0.3, -0.25) is 0 Å². The van der Waals surface area contributed by atoms with Gasteiger partial charge in [0.15, 0.2) is 0 Å². The van der Waals surface area contributed by atoms with Crippen LogP contribution in [-0.4, -0.2) is 15.2 Å². The van der Waals surface area contributed by atoms with Crippen molar-refractivity contribution in [1.82, 2.24) is 9.13 Å². The van der Waals surface area contributed by atoms with Crippen LogP contribution in [0.5, 0.6) is 0 Å². The van der Waals surface area contributed by atoms with Crippen molar-refractivity contribution in [2.24, 2.45) is 0 Å². The zero-order valence-electron chi connectivity index (χ0n) is 27.8. The van der Waals surface area contributed by atoms with Crippen molar-refractivity contribution < 1.29 is 0 Å². The summed E-state index contributed by atoms with van der Waals surface area (Å²) in [6.45, 7) is 2.28. The van der Waals surface area contributed by atoms with Crippen LogP contribution in [0.3, 0.4) is 0 Å². The molecule has 2 aliphatic carbocycles. The van der Waals surface area contributed by atoms with Crippen molar-refractivity contribution in [2.45, 2.75) is 31.7 Å². The van der Waals surface area contributed by atoms with Crippen LogP contribution in [0, 0.1) is 19.1 Å². The highest BCUT2D eigenvalue weighted by molar-refractivity contribution is 6.10. The first-order chi connectivity index (χ1) is 24.8. The van der Waals surface area contributed by atoms with Crippen LogP contribution in [0.1, 0.15) is 41.1 Å². The normalized spacial score (nSPS) is 17.9. The molecule has 2 atom stereocenters. The van der Waals surface area contributed by atoms with E-state index in [0.717, 1.165) is 18.4 Å². The highest BCUT2D eigenvalue weighted by Gasteiger charge is 2.45. The lowest BCUT2D eigenvalue weighted by molar-refractivity contribution is 0.664. The maximum absolute atomic E-state index is 3.54. The zero-order valence-corrected chi connectivity index (χ0v) is 27.8. The lowest BCUT2D eigenvalue weighted by atomic mass is 9.84. The number of anilines is 1. The fourth-order valence-electron chi connectivity index (χ4n) is 9.30. The molecule has 0 saturated carbocycles. The number of aromatic nitrogens is 2. The van der Waals surface area contributed by atoms with Gasteiger partial charge in [0.1, 0.15) is 5.52 Å². The highest BCUT2D eigenvalue weighted by atomic mass is 15.2. The molecule has 0 amide bonds. The molecule has 8 aromatic rings. The summed E-state index contributed by atoms with van der Waals surface area (Å²) >= 11 is 0. The molecule has 3 nitrogen and oxygen atoms in total. The molecule has 3 heteroatoms. The standard InChI is InChI=1S/C47H33N3/c1-30-12-10-19-39-45-44(29-28-38-37-18-6-9-22-43(37)50(47(38)45)40-23-11-14-31-13-2-3-15-34(31)40)49(46(30)39)33-26-24-32(25-27-33)48-41-20-7-4-16-35(41)36-17-5-8-21-42(36)48/h2-8,10-21,23-24,26,28-29,44-45H,25,27H2,1H3. The lowest BCUT2D eigenvalue weighted by Gasteiger charge is -2.34. The Labute approximate surface area is 291 Å². The van der Waals surface area contributed by atoms with E-state index in [9.17, 15) is 0 Å². The summed E-state index contributed by atoms with van der Waals surface area (Å²) < 4.78 is 4.97. The Balaban J connectivity index is 1.10. The second-order valence-electron chi connectivity index (χ2n) is 13.9. The Morgan fingerprint density at radius 1 is 0.640 bits per heavy atom. The minimum Gasteiger partial charge on any atom is -0.337 e. The molecule has 11 rings (SSSR count). The van der Waals surface area contributed by atoms with E-state index in [0.29, 0.717) is 0 Å². The molecule has 1 aliphatic heterocycles. The number of fused-ring (bicyclic) bond motifs is 11. The number of para-hydroxylation sites is 3. The van der Waals surface area contributed by atoms with Gasteiger partial charge in [-0.15, -0.1) is 0 Å². The highest BCUT2D eigenvalue weighted by Crippen LogP contribution is 2.54. The Kier molecular flexibility index (Phi) is 5.75. The van der Waals surface area contributed by atoms with E-state index in [1.807, 2.05) is 6.07 Å². The van der Waals surface area contributed by atoms with Crippen LogP contribution >= 0.6 is 0 Å². The van der Waals surface area contributed by atoms with Crippen LogP contribution in [0.15, 0.2) is 145 Å². The van der Waals surface area contributed by atoms with Crippen molar-refractivity contribution >= 4 is 60.9 Å². The number of rotatable bonds is 3. The van der Waals surface area contributed by atoms with Crippen LogP contribution in [-0.2, 0) is 0 Å². The van der Waals surface area contributed by atoms with Gasteiger partial charge < -0.3 is 14.0 Å². The van der Waals surface area contributed by atoms with Gasteiger partial charge in [0, 0.05) is 49.9 Å². The number of aryl methyl sites for hydroxylation is 1. The molecular formula is C47H33N3. The molecule has 0 N–H and O–H groups in total. The van der Waals surface area contributed by atoms with Gasteiger partial charge in [-0.25, -0.2) is 0 Å². The molecule has 2 unspecified atom stereocenters. The van der Waals surface area contributed by atoms with Gasteiger partial charge in [0.05, 0.1) is 28.7 Å². The molecule has 0 fully saturated rings. The Bertz CT molecular complexity index is 2740. The van der Waals surface area contributed by atoms with Gasteiger partial charge in [-0.1, -0.05) is 109 Å². The first-order valence-electron chi connectivity index (χ1n) is 17.7. The summed E-state index contributed by atoms with van der Waals surface area (Å²) in [6, 6.07) is 51.1. The van der Waals surface area contributed by atoms with E-state index < -0.39 is 0 Å². The monoisotopic (exact) mass is 639 g/mol. The van der Waals surface area contributed by atoms with Gasteiger partial charge in [-0.2, -0.15) is 0 Å². The number of allylic oxidation sites excluding steroid dienone is 4. The number of hydrogen-bond acceptors (Lipinski definition) is 1. The number of benzene rings is 5. The van der Waals surface area contributed by atoms with Gasteiger partial charge in [0.2, 0.25) is 0 Å². The van der Waals surface area contributed by atoms with Crippen molar-refractivity contribution in [3.05, 3.63) is 180 Å². The molecule has 236 valence electrons. The van der Waals surface area contributed by atoms with Crippen molar-refractivity contribution in [2.75, 3.05) is 4.90 Å². The minimum absolute atomic E-state index is 0.160. The van der Waals surface area contributed by atoms with E-state index in [2.05, 4.69) is 173 Å². The second kappa shape index (κ2) is 10.4. The van der Waals surface area contributed by atoms with Crippen molar-refractivity contribution in [3.63, 3.8) is 0 Å². The lowest BCUT2D eigenvalue weighted by Crippen LogP contribution is -2.35. The molecule has 6 aromatic carbocycles. The van der Waals surface area contributed by atoms with Gasteiger partial charge in [0.25, 0.3) is 0 Å². The third-order valence-electron chi connectivity index (χ3n) is 11.3. The summed E-state index contributed by atoms with van der Waals surface area (Å²) in [5.74, 6) is 0.160. The largest absolute Gasteiger partial charge is 0.337 e. The SMILES string of the molecule is Cc1cccc2c1N(C1=CC=C(n3c4ccccc4c4ccccc43)CC1)C1C=Cc3c(n(-c4cccc5ccccc45)c4c#cccc34)C21. The quantitative estimate of drug-likeness (QED) is 0.187. The fraction of sp³-hybridized carbons (Fsp3) is 0.106. The summed E-state index contributed by atoms with van der Waals surface area (Å²) in [7, 11) is 0. The smallest absolute Gasteiger partial charge is 0.105 e. The second-order valence-corrected chi connectivity index (χ2v) is 13.9. The first kappa shape index (κ1) is 27.7. The summed E-state index contributed by atoms with van der Waals surface area (Å²) in [5.41, 5.74) is 14.2. The molecule has 3 aliphatic rings. The zero-order chi connectivity index (χ0) is 32.9. The van der Waals surface area contributed by atoms with Crippen LogP contribution in [0.4, 0.5) is 5.69 Å². The Morgan fingerprint density at radius 3 is 2.14 bits per heavy atom. The maximum Gasteiger partial charge on any atom is 0.105 e. The van der Waals surface area contributed by atoms with Gasteiger partial charge >= 0.3 is 0 Å². The molecule has 0 bridgehead atoms. The molecule has 50 heavy (non-hydrogen) atoms. The average molecular weight is 640 g/mol. The first-order valence-corrected chi connectivity index (χ1v) is 17.7. The fourth-order valence-corrected chi connectivity index (χ4v) is 9.30. The molecule has 0 saturated heterocycles. The van der Waals surface area contributed by atoms with E-state index in [-0.39, 0.29) is 12.0 Å². The number of hydrogen-bond donors (Lipinski definition) is 0. The third-order valence-corrected chi connectivity index (χ3v) is 11.3. The summed E-state index contributed by atoms with van der Waals surface area (Å²) in [5, 5.41) is 6.33. The topological polar surface area (TPSA) is 13.1 Å². The van der Waals surface area contributed by atoms with E-state index in [1.165, 1.54) is 83.1 Å². The minimum atomic E-state index is 0.160. The maximum atomic E-state index is 3.54. The van der Waals surface area contributed by atoms with Gasteiger partial charge in [-0.05, 0) is 84.8 Å². The van der Waals surface area contributed by atoms with E-state index in [4.69, 9.17) is 0 Å². The molecule has 3 heterocycles. The predicted octanol–water partition coefficient (Wildman–Crippen LogP) is 11.4. The Hall–Kier alpha value is -6.24. The van der Waals surface area contributed by atoms with E-state index in [1.54, 1.807) is 0 Å². The van der Waals surface area contributed by atoms with Crippen LogP contribution in [0.25, 0.3) is 60.9 Å². The van der Waals surface area contributed by atoms with Crippen LogP contribution in [0.2, 0.25) is 0 Å². The van der Waals surface area contributed by atoms with Crippen molar-refractivity contribution in [3.8, 4) is 5.69 Å². The van der Waals surface area contributed by atoms with Crippen LogP contribution < -0.4 is 4.90 Å². The summed E-state index contributed by atoms with van der Waals surface area (Å²) in [4.78, 5) is 2.66. The molecule has 0 radical (unpaired) electrons. The molecule has 2 aromatic heterocycles. The van der Waals surface area contributed by atoms with Crippen molar-refractivity contribution in [1.29, 1.82) is 0 Å². The summed E-state index contributed by atoms with van der Waals surface area (Å²) in [6.07, 6.45) is 11.6. The average Bonchev–Trinajstić information content (AvgIpc) is 3.81. The molecule has 0 spiro atoms. The predicted molar refractivity (Wildman–Crippen MR) is 208 cm³/mol.